The van der Waals surface area contributed by atoms with E-state index in [1.807, 2.05) is 27.7 Å². The Morgan fingerprint density at radius 3 is 2.15 bits per heavy atom. The van der Waals surface area contributed by atoms with Gasteiger partial charge < -0.3 is 0 Å². The molecule has 1 fully saturated rings. The van der Waals surface area contributed by atoms with E-state index in [0.29, 0.717) is 18.4 Å². The number of carbonyl (C=O) groups is 2. The molecule has 13 heavy (non-hydrogen) atoms. The fraction of sp³-hybridized carbons (Fsp3) is 0.636. The van der Waals surface area contributed by atoms with Gasteiger partial charge in [-0.1, -0.05) is 19.4 Å². The van der Waals surface area contributed by atoms with Gasteiger partial charge in [-0.05, 0) is 20.3 Å². The SMILES string of the molecule is CC(C)=C1C(=O)CCC(C)(C)C1=O. The van der Waals surface area contributed by atoms with Gasteiger partial charge in [-0.3, -0.25) is 9.59 Å². The van der Waals surface area contributed by atoms with Crippen LogP contribution in [0.5, 0.6) is 0 Å². The lowest BCUT2D eigenvalue weighted by Crippen LogP contribution is -2.35. The molecule has 1 rings (SSSR count). The van der Waals surface area contributed by atoms with Gasteiger partial charge in [-0.25, -0.2) is 0 Å². The zero-order valence-electron chi connectivity index (χ0n) is 8.73. The van der Waals surface area contributed by atoms with E-state index in [1.165, 1.54) is 0 Å². The molecule has 0 aliphatic heterocycles. The summed E-state index contributed by atoms with van der Waals surface area (Å²) in [5.74, 6) is 0.0353. The van der Waals surface area contributed by atoms with Crippen LogP contribution in [-0.2, 0) is 9.59 Å². The molecular weight excluding hydrogens is 164 g/mol. The van der Waals surface area contributed by atoms with Crippen molar-refractivity contribution in [3.63, 3.8) is 0 Å². The van der Waals surface area contributed by atoms with Gasteiger partial charge >= 0.3 is 0 Å². The number of rotatable bonds is 0. The molecule has 0 aromatic carbocycles. The van der Waals surface area contributed by atoms with Crippen LogP contribution in [0.1, 0.15) is 40.5 Å². The second kappa shape index (κ2) is 3.09. The molecule has 1 aliphatic rings. The molecule has 1 saturated carbocycles. The van der Waals surface area contributed by atoms with Crippen molar-refractivity contribution in [2.45, 2.75) is 40.5 Å². The van der Waals surface area contributed by atoms with Gasteiger partial charge in [-0.2, -0.15) is 0 Å². The molecule has 0 amide bonds. The summed E-state index contributed by atoms with van der Waals surface area (Å²) in [5.41, 5.74) is 0.944. The molecule has 2 nitrogen and oxygen atoms in total. The van der Waals surface area contributed by atoms with E-state index >= 15 is 0 Å². The predicted molar refractivity (Wildman–Crippen MR) is 51.4 cm³/mol. The van der Waals surface area contributed by atoms with E-state index < -0.39 is 0 Å². The highest BCUT2D eigenvalue weighted by Gasteiger charge is 2.38. The van der Waals surface area contributed by atoms with E-state index in [-0.39, 0.29) is 17.0 Å². The molecule has 0 aromatic rings. The molecule has 0 spiro atoms. The summed E-state index contributed by atoms with van der Waals surface area (Å²) in [7, 11) is 0. The number of carbonyl (C=O) groups excluding carboxylic acids is 2. The van der Waals surface area contributed by atoms with Crippen LogP contribution in [0.3, 0.4) is 0 Å². The summed E-state index contributed by atoms with van der Waals surface area (Å²) in [6, 6.07) is 0. The molecule has 0 unspecified atom stereocenters. The van der Waals surface area contributed by atoms with Crippen molar-refractivity contribution in [3.05, 3.63) is 11.1 Å². The normalized spacial score (nSPS) is 22.0. The summed E-state index contributed by atoms with van der Waals surface area (Å²) in [6.07, 6.45) is 1.20. The van der Waals surface area contributed by atoms with E-state index in [4.69, 9.17) is 0 Å². The van der Waals surface area contributed by atoms with E-state index in [1.54, 1.807) is 0 Å². The topological polar surface area (TPSA) is 34.1 Å². The first-order valence-corrected chi connectivity index (χ1v) is 4.62. The van der Waals surface area contributed by atoms with Gasteiger partial charge in [0.25, 0.3) is 0 Å². The highest BCUT2D eigenvalue weighted by Crippen LogP contribution is 2.34. The predicted octanol–water partition coefficient (Wildman–Crippen LogP) is 2.28. The molecule has 1 aliphatic carbocycles. The van der Waals surface area contributed by atoms with Crippen LogP contribution in [0.4, 0.5) is 0 Å². The summed E-state index contributed by atoms with van der Waals surface area (Å²) in [6.45, 7) is 7.47. The fourth-order valence-corrected chi connectivity index (χ4v) is 1.64. The molecule has 72 valence electrons. The Morgan fingerprint density at radius 1 is 1.23 bits per heavy atom. The minimum absolute atomic E-state index is 0.0174. The maximum atomic E-state index is 11.8. The Labute approximate surface area is 79.0 Å². The molecule has 2 heteroatoms. The Bertz CT molecular complexity index is 291. The molecule has 0 saturated heterocycles. The lowest BCUT2D eigenvalue weighted by molar-refractivity contribution is -0.130. The fourth-order valence-electron chi connectivity index (χ4n) is 1.64. The second-order valence-electron chi connectivity index (χ2n) is 4.51. The standard InChI is InChI=1S/C11H16O2/c1-7(2)9-8(12)5-6-11(3,4)10(9)13/h5-6H2,1-4H3. The average Bonchev–Trinajstić information content (AvgIpc) is 1.98. The van der Waals surface area contributed by atoms with Crippen molar-refractivity contribution in [1.29, 1.82) is 0 Å². The maximum absolute atomic E-state index is 11.8. The van der Waals surface area contributed by atoms with Crippen LogP contribution in [0.25, 0.3) is 0 Å². The van der Waals surface area contributed by atoms with Crippen LogP contribution in [-0.4, -0.2) is 11.6 Å². The van der Waals surface area contributed by atoms with Gasteiger partial charge in [0.15, 0.2) is 11.6 Å². The highest BCUT2D eigenvalue weighted by atomic mass is 16.2. The Balaban J connectivity index is 3.14. The van der Waals surface area contributed by atoms with Crippen LogP contribution >= 0.6 is 0 Å². The van der Waals surface area contributed by atoms with Crippen LogP contribution in [0.15, 0.2) is 11.1 Å². The first kappa shape index (κ1) is 10.2. The molecular formula is C11H16O2. The van der Waals surface area contributed by atoms with Crippen molar-refractivity contribution in [2.24, 2.45) is 5.41 Å². The zero-order chi connectivity index (χ0) is 10.2. The summed E-state index contributed by atoms with van der Waals surface area (Å²) < 4.78 is 0. The van der Waals surface area contributed by atoms with Crippen molar-refractivity contribution in [2.75, 3.05) is 0 Å². The third kappa shape index (κ3) is 1.71. The third-order valence-corrected chi connectivity index (χ3v) is 2.60. The molecule has 0 radical (unpaired) electrons. The maximum Gasteiger partial charge on any atom is 0.171 e. The number of ketones is 2. The molecule has 0 aromatic heterocycles. The highest BCUT2D eigenvalue weighted by molar-refractivity contribution is 6.23. The monoisotopic (exact) mass is 180 g/mol. The second-order valence-corrected chi connectivity index (χ2v) is 4.51. The Kier molecular flexibility index (Phi) is 2.42. The summed E-state index contributed by atoms with van der Waals surface area (Å²) in [4.78, 5) is 23.3. The van der Waals surface area contributed by atoms with Crippen molar-refractivity contribution < 1.29 is 9.59 Å². The largest absolute Gasteiger partial charge is 0.294 e. The Morgan fingerprint density at radius 2 is 1.77 bits per heavy atom. The summed E-state index contributed by atoms with van der Waals surface area (Å²) >= 11 is 0. The van der Waals surface area contributed by atoms with Crippen molar-refractivity contribution in [3.8, 4) is 0 Å². The first-order chi connectivity index (χ1) is 5.86. The molecule has 0 N–H and O–H groups in total. The quantitative estimate of drug-likeness (QED) is 0.423. The van der Waals surface area contributed by atoms with Crippen LogP contribution in [0, 0.1) is 5.41 Å². The van der Waals surface area contributed by atoms with Crippen LogP contribution < -0.4 is 0 Å². The summed E-state index contributed by atoms with van der Waals surface area (Å²) in [5, 5.41) is 0. The van der Waals surface area contributed by atoms with Gasteiger partial charge in [0.05, 0.1) is 5.57 Å². The van der Waals surface area contributed by atoms with Gasteiger partial charge in [0, 0.05) is 11.8 Å². The molecule has 0 heterocycles. The van der Waals surface area contributed by atoms with E-state index in [0.717, 1.165) is 5.57 Å². The van der Waals surface area contributed by atoms with Crippen LogP contribution in [0.2, 0.25) is 0 Å². The minimum atomic E-state index is -0.347. The smallest absolute Gasteiger partial charge is 0.171 e. The van der Waals surface area contributed by atoms with Gasteiger partial charge in [0.1, 0.15) is 0 Å². The molecule has 0 bridgehead atoms. The lowest BCUT2D eigenvalue weighted by Gasteiger charge is -2.29. The van der Waals surface area contributed by atoms with E-state index in [2.05, 4.69) is 0 Å². The average molecular weight is 180 g/mol. The van der Waals surface area contributed by atoms with Gasteiger partial charge in [-0.15, -0.1) is 0 Å². The zero-order valence-corrected chi connectivity index (χ0v) is 8.73. The molecule has 0 atom stereocenters. The lowest BCUT2D eigenvalue weighted by atomic mass is 9.72. The van der Waals surface area contributed by atoms with Crippen molar-refractivity contribution >= 4 is 11.6 Å². The van der Waals surface area contributed by atoms with Crippen molar-refractivity contribution in [1.82, 2.24) is 0 Å². The van der Waals surface area contributed by atoms with E-state index in [9.17, 15) is 9.59 Å². The number of hydrogen-bond acceptors (Lipinski definition) is 2. The Hall–Kier alpha value is -0.920. The minimum Gasteiger partial charge on any atom is -0.294 e. The number of allylic oxidation sites excluding steroid dienone is 2. The number of Topliss-reactive ketones (excluding diaryl/α,β-unsaturated/α-hetero) is 2. The third-order valence-electron chi connectivity index (χ3n) is 2.60. The number of hydrogen-bond donors (Lipinski definition) is 0. The first-order valence-electron chi connectivity index (χ1n) is 4.62. The van der Waals surface area contributed by atoms with Gasteiger partial charge in [0.2, 0.25) is 0 Å².